The zero-order valence-corrected chi connectivity index (χ0v) is 19.7. The van der Waals surface area contributed by atoms with Gasteiger partial charge in [-0.15, -0.1) is 0 Å². The summed E-state index contributed by atoms with van der Waals surface area (Å²) in [6, 6.07) is 18.1. The van der Waals surface area contributed by atoms with E-state index in [1.165, 1.54) is 6.07 Å². The summed E-state index contributed by atoms with van der Waals surface area (Å²) < 4.78 is 46.5. The van der Waals surface area contributed by atoms with E-state index >= 15 is 0 Å². The number of ether oxygens (including phenoxy) is 1. The Morgan fingerprint density at radius 2 is 1.74 bits per heavy atom. The zero-order valence-electron chi connectivity index (χ0n) is 19.7. The van der Waals surface area contributed by atoms with Gasteiger partial charge >= 0.3 is 6.18 Å². The van der Waals surface area contributed by atoms with Gasteiger partial charge in [-0.1, -0.05) is 18.2 Å². The molecule has 1 aromatic heterocycles. The third kappa shape index (κ3) is 5.63. The molecule has 8 nitrogen and oxygen atoms in total. The first-order valence-electron chi connectivity index (χ1n) is 11.4. The number of carbonyl (C=O) groups is 1. The number of carbonyl (C=O) groups excluding carboxylic acids is 1. The number of alkyl halides is 3. The smallest absolute Gasteiger partial charge is 0.417 e. The number of nitriles is 1. The molecule has 196 valence electrons. The van der Waals surface area contributed by atoms with Gasteiger partial charge in [-0.3, -0.25) is 4.79 Å². The van der Waals surface area contributed by atoms with Gasteiger partial charge < -0.3 is 29.9 Å². The standard InChI is InChI=1S/C27H22F3N3O5/c28-27(29,30)23-10-9-20(11-16(23)12-31)38-19-7-5-17(6-8-19)33-14-22(21-3-1-2-4-24(21)33)25(36)26(37)32-13-18(35)15-34/h1-11,14,18,25,34-36H,13,15H2,(H,32,37). The Labute approximate surface area is 214 Å². The highest BCUT2D eigenvalue weighted by Gasteiger charge is 2.33. The molecule has 0 bridgehead atoms. The molecule has 4 rings (SSSR count). The van der Waals surface area contributed by atoms with Crippen LogP contribution in [-0.2, 0) is 11.0 Å². The van der Waals surface area contributed by atoms with Crippen LogP contribution in [0.5, 0.6) is 11.5 Å². The van der Waals surface area contributed by atoms with Gasteiger partial charge in [0.2, 0.25) is 0 Å². The quantitative estimate of drug-likeness (QED) is 0.277. The molecule has 0 spiro atoms. The Bertz CT molecular complexity index is 1490. The minimum absolute atomic E-state index is 0.0662. The largest absolute Gasteiger partial charge is 0.457 e. The zero-order chi connectivity index (χ0) is 27.4. The van der Waals surface area contributed by atoms with Gasteiger partial charge in [0.05, 0.1) is 35.4 Å². The Morgan fingerprint density at radius 1 is 1.05 bits per heavy atom. The van der Waals surface area contributed by atoms with Crippen LogP contribution < -0.4 is 10.1 Å². The molecular formula is C27H22F3N3O5. The summed E-state index contributed by atoms with van der Waals surface area (Å²) in [5, 5.41) is 41.1. The fourth-order valence-electron chi connectivity index (χ4n) is 3.90. The van der Waals surface area contributed by atoms with Crippen molar-refractivity contribution >= 4 is 16.8 Å². The summed E-state index contributed by atoms with van der Waals surface area (Å²) in [6.07, 6.45) is -5.74. The predicted molar refractivity (Wildman–Crippen MR) is 131 cm³/mol. The van der Waals surface area contributed by atoms with E-state index in [1.54, 1.807) is 59.3 Å². The molecule has 4 aromatic rings. The van der Waals surface area contributed by atoms with Crippen LogP contribution >= 0.6 is 0 Å². The van der Waals surface area contributed by atoms with Crippen molar-refractivity contribution in [1.29, 1.82) is 5.26 Å². The second-order valence-electron chi connectivity index (χ2n) is 8.37. The summed E-state index contributed by atoms with van der Waals surface area (Å²) in [7, 11) is 0. The number of aliphatic hydroxyl groups is 3. The lowest BCUT2D eigenvalue weighted by Crippen LogP contribution is -2.36. The van der Waals surface area contributed by atoms with Crippen LogP contribution in [0.15, 0.2) is 72.9 Å². The van der Waals surface area contributed by atoms with Crippen molar-refractivity contribution in [3.8, 4) is 23.3 Å². The number of amides is 1. The summed E-state index contributed by atoms with van der Waals surface area (Å²) in [5.74, 6) is -0.357. The van der Waals surface area contributed by atoms with Gasteiger partial charge in [-0.05, 0) is 48.5 Å². The molecule has 0 aliphatic carbocycles. The Kier molecular flexibility index (Phi) is 7.68. The number of para-hydroxylation sites is 1. The maximum Gasteiger partial charge on any atom is 0.417 e. The number of hydrogen-bond donors (Lipinski definition) is 4. The SMILES string of the molecule is N#Cc1cc(Oc2ccc(-n3cc(C(O)C(=O)NCC(O)CO)c4ccccc43)cc2)ccc1C(F)(F)F. The molecule has 0 saturated heterocycles. The maximum atomic E-state index is 13.0. The molecule has 11 heteroatoms. The van der Waals surface area contributed by atoms with Crippen LogP contribution in [0.1, 0.15) is 22.8 Å². The van der Waals surface area contributed by atoms with E-state index in [1.807, 2.05) is 0 Å². The van der Waals surface area contributed by atoms with Crippen LogP contribution in [0.4, 0.5) is 13.2 Å². The highest BCUT2D eigenvalue weighted by molar-refractivity contribution is 5.92. The van der Waals surface area contributed by atoms with Gasteiger partial charge in [0.1, 0.15) is 11.5 Å². The van der Waals surface area contributed by atoms with E-state index in [0.717, 1.165) is 18.2 Å². The minimum atomic E-state index is -4.65. The third-order valence-corrected chi connectivity index (χ3v) is 5.78. The van der Waals surface area contributed by atoms with Crippen molar-refractivity contribution in [3.63, 3.8) is 0 Å². The van der Waals surface area contributed by atoms with Gasteiger partial charge in [0.15, 0.2) is 6.10 Å². The van der Waals surface area contributed by atoms with Crippen LogP contribution in [0, 0.1) is 11.3 Å². The number of rotatable bonds is 8. The molecule has 0 saturated carbocycles. The molecule has 1 amide bonds. The number of fused-ring (bicyclic) bond motifs is 1. The van der Waals surface area contributed by atoms with Crippen LogP contribution in [0.3, 0.4) is 0 Å². The highest BCUT2D eigenvalue weighted by atomic mass is 19.4. The number of nitrogens with one attached hydrogen (secondary N) is 1. The lowest BCUT2D eigenvalue weighted by atomic mass is 10.1. The fraction of sp³-hybridized carbons (Fsp3) is 0.185. The Balaban J connectivity index is 1.59. The summed E-state index contributed by atoms with van der Waals surface area (Å²) in [5.41, 5.74) is 0.0728. The Morgan fingerprint density at radius 3 is 2.39 bits per heavy atom. The first-order valence-corrected chi connectivity index (χ1v) is 11.4. The van der Waals surface area contributed by atoms with Gasteiger partial charge in [-0.2, -0.15) is 18.4 Å². The van der Waals surface area contributed by atoms with Crippen LogP contribution in [0.2, 0.25) is 0 Å². The number of nitrogens with zero attached hydrogens (tertiary/aromatic N) is 2. The van der Waals surface area contributed by atoms with Crippen LogP contribution in [-0.4, -0.2) is 45.0 Å². The molecule has 3 aromatic carbocycles. The monoisotopic (exact) mass is 525 g/mol. The second kappa shape index (κ2) is 10.9. The molecule has 0 aliphatic heterocycles. The first-order chi connectivity index (χ1) is 18.1. The number of aliphatic hydroxyl groups excluding tert-OH is 3. The predicted octanol–water partition coefficient (Wildman–Crippen LogP) is 3.82. The number of halogens is 3. The third-order valence-electron chi connectivity index (χ3n) is 5.78. The summed E-state index contributed by atoms with van der Waals surface area (Å²) in [4.78, 5) is 12.4. The van der Waals surface area contributed by atoms with Gasteiger partial charge in [0, 0.05) is 29.4 Å². The van der Waals surface area contributed by atoms with Crippen molar-refractivity contribution in [3.05, 3.63) is 89.6 Å². The number of hydrogen-bond acceptors (Lipinski definition) is 6. The highest BCUT2D eigenvalue weighted by Crippen LogP contribution is 2.35. The molecule has 1 heterocycles. The van der Waals surface area contributed by atoms with E-state index in [-0.39, 0.29) is 12.3 Å². The van der Waals surface area contributed by atoms with E-state index in [9.17, 15) is 28.2 Å². The van der Waals surface area contributed by atoms with E-state index < -0.39 is 42.0 Å². The van der Waals surface area contributed by atoms with E-state index in [2.05, 4.69) is 5.32 Å². The fourth-order valence-corrected chi connectivity index (χ4v) is 3.90. The van der Waals surface area contributed by atoms with Crippen molar-refractivity contribution < 1.29 is 38.0 Å². The molecule has 2 unspecified atom stereocenters. The van der Waals surface area contributed by atoms with Gasteiger partial charge in [-0.25, -0.2) is 0 Å². The molecule has 2 atom stereocenters. The summed E-state index contributed by atoms with van der Waals surface area (Å²) >= 11 is 0. The second-order valence-corrected chi connectivity index (χ2v) is 8.37. The van der Waals surface area contributed by atoms with Crippen molar-refractivity contribution in [2.75, 3.05) is 13.2 Å². The lowest BCUT2D eigenvalue weighted by molar-refractivity contribution is -0.137. The van der Waals surface area contributed by atoms with E-state index in [0.29, 0.717) is 27.9 Å². The normalized spacial score (nSPS) is 13.1. The average molecular weight is 525 g/mol. The van der Waals surface area contributed by atoms with Crippen molar-refractivity contribution in [2.24, 2.45) is 0 Å². The molecule has 4 N–H and O–H groups in total. The van der Waals surface area contributed by atoms with Crippen molar-refractivity contribution in [2.45, 2.75) is 18.4 Å². The first kappa shape index (κ1) is 26.7. The maximum absolute atomic E-state index is 13.0. The van der Waals surface area contributed by atoms with Gasteiger partial charge in [0.25, 0.3) is 5.91 Å². The topological polar surface area (TPSA) is 128 Å². The lowest BCUT2D eigenvalue weighted by Gasteiger charge is -2.13. The molecule has 0 radical (unpaired) electrons. The molecular weight excluding hydrogens is 503 g/mol. The molecule has 0 aliphatic rings. The minimum Gasteiger partial charge on any atom is -0.457 e. The van der Waals surface area contributed by atoms with E-state index in [4.69, 9.17) is 15.1 Å². The molecule has 0 fully saturated rings. The average Bonchev–Trinajstić information content (AvgIpc) is 3.30. The number of benzene rings is 3. The van der Waals surface area contributed by atoms with Crippen LogP contribution in [0.25, 0.3) is 16.6 Å². The molecule has 38 heavy (non-hydrogen) atoms. The number of aromatic nitrogens is 1. The summed E-state index contributed by atoms with van der Waals surface area (Å²) in [6.45, 7) is -0.755. The Hall–Kier alpha value is -4.37. The van der Waals surface area contributed by atoms with Crippen molar-refractivity contribution in [1.82, 2.24) is 9.88 Å².